The van der Waals surface area contributed by atoms with E-state index in [-0.39, 0.29) is 30.4 Å². The first-order valence-electron chi connectivity index (χ1n) is 8.97. The molecule has 2 aromatic rings. The second-order valence-corrected chi connectivity index (χ2v) is 8.84. The summed E-state index contributed by atoms with van der Waals surface area (Å²) in [6.45, 7) is 3.79. The van der Waals surface area contributed by atoms with Gasteiger partial charge in [-0.25, -0.2) is 10.1 Å². The molecule has 0 saturated carbocycles. The van der Waals surface area contributed by atoms with E-state index in [2.05, 4.69) is 10.3 Å². The van der Waals surface area contributed by atoms with Crippen molar-refractivity contribution in [2.45, 2.75) is 25.2 Å². The zero-order valence-corrected chi connectivity index (χ0v) is 17.2. The predicted octanol–water partition coefficient (Wildman–Crippen LogP) is 1.75. The fourth-order valence-corrected chi connectivity index (χ4v) is 4.33. The van der Waals surface area contributed by atoms with Gasteiger partial charge >= 0.3 is 0 Å². The van der Waals surface area contributed by atoms with Crippen molar-refractivity contribution in [1.82, 2.24) is 9.29 Å². The Labute approximate surface area is 169 Å². The van der Waals surface area contributed by atoms with Gasteiger partial charge in [-0.05, 0) is 17.0 Å². The summed E-state index contributed by atoms with van der Waals surface area (Å²) in [6, 6.07) is 8.45. The van der Waals surface area contributed by atoms with Gasteiger partial charge in [-0.2, -0.15) is 17.1 Å². The number of carbonyl (C=O) groups is 1. The van der Waals surface area contributed by atoms with E-state index >= 15 is 0 Å². The molecule has 0 aliphatic carbocycles. The number of anilines is 1. The molecule has 1 aliphatic rings. The molecule has 1 amide bonds. The van der Waals surface area contributed by atoms with Crippen LogP contribution in [0.4, 0.5) is 10.1 Å². The van der Waals surface area contributed by atoms with Crippen molar-refractivity contribution in [2.24, 2.45) is 5.14 Å². The highest BCUT2D eigenvalue weighted by atomic mass is 32.2. The molecule has 0 bridgehead atoms. The largest absolute Gasteiger partial charge is 0.494 e. The van der Waals surface area contributed by atoms with Crippen LogP contribution in [0.5, 0.6) is 5.75 Å². The third-order valence-corrected chi connectivity index (χ3v) is 6.06. The highest BCUT2D eigenvalue weighted by Crippen LogP contribution is 2.41. The van der Waals surface area contributed by atoms with Crippen LogP contribution in [-0.4, -0.2) is 43.8 Å². The maximum absolute atomic E-state index is 13.4. The third-order valence-electron chi connectivity index (χ3n) is 5.09. The fraction of sp³-hybridized carbons (Fsp3) is 0.368. The lowest BCUT2D eigenvalue weighted by atomic mass is 9.71. The average molecular weight is 422 g/mol. The normalized spacial score (nSPS) is 16.3. The number of benzene rings is 1. The number of nitrogens with two attached hydrogens (primary N) is 1. The first-order chi connectivity index (χ1) is 13.6. The first kappa shape index (κ1) is 21.2. The van der Waals surface area contributed by atoms with Crippen LogP contribution in [0.15, 0.2) is 36.5 Å². The lowest BCUT2D eigenvalue weighted by Gasteiger charge is -2.48. The van der Waals surface area contributed by atoms with Gasteiger partial charge in [-0.3, -0.25) is 4.79 Å². The lowest BCUT2D eigenvalue weighted by Crippen LogP contribution is -2.67. The zero-order chi connectivity index (χ0) is 21.4. The van der Waals surface area contributed by atoms with Gasteiger partial charge in [0.1, 0.15) is 16.9 Å². The second kappa shape index (κ2) is 7.69. The minimum absolute atomic E-state index is 0.0989. The van der Waals surface area contributed by atoms with Crippen molar-refractivity contribution in [1.29, 1.82) is 0 Å². The summed E-state index contributed by atoms with van der Waals surface area (Å²) in [5.41, 5.74) is 0.698. The molecular weight excluding hydrogens is 399 g/mol. The molecule has 1 fully saturated rings. The summed E-state index contributed by atoms with van der Waals surface area (Å²) >= 11 is 0. The molecular formula is C19H23FN4O4S. The Balaban J connectivity index is 2.03. The van der Waals surface area contributed by atoms with Crippen LogP contribution in [0.1, 0.15) is 30.9 Å². The molecule has 156 valence electrons. The zero-order valence-electron chi connectivity index (χ0n) is 16.3. The Morgan fingerprint density at radius 1 is 1.34 bits per heavy atom. The number of hydrogen-bond donors (Lipinski definition) is 2. The number of halogens is 1. The van der Waals surface area contributed by atoms with Crippen molar-refractivity contribution in [3.63, 3.8) is 0 Å². The van der Waals surface area contributed by atoms with Crippen LogP contribution in [0.3, 0.4) is 0 Å². The minimum Gasteiger partial charge on any atom is -0.494 e. The van der Waals surface area contributed by atoms with Crippen molar-refractivity contribution in [3.8, 4) is 5.75 Å². The highest BCUT2D eigenvalue weighted by Gasteiger charge is 2.54. The Bertz CT molecular complexity index is 1040. The molecule has 0 radical (unpaired) electrons. The van der Waals surface area contributed by atoms with Gasteiger partial charge in [-0.1, -0.05) is 38.1 Å². The van der Waals surface area contributed by atoms with Crippen molar-refractivity contribution in [2.75, 3.05) is 25.5 Å². The molecule has 2 heterocycles. The summed E-state index contributed by atoms with van der Waals surface area (Å²) in [7, 11) is -2.59. The Hall–Kier alpha value is -2.56. The summed E-state index contributed by atoms with van der Waals surface area (Å²) in [5.74, 6) is -0.969. The van der Waals surface area contributed by atoms with E-state index in [0.717, 1.165) is 27.7 Å². The van der Waals surface area contributed by atoms with Crippen LogP contribution >= 0.6 is 0 Å². The number of rotatable bonds is 6. The number of pyridine rings is 1. The van der Waals surface area contributed by atoms with Gasteiger partial charge in [0.15, 0.2) is 0 Å². The Morgan fingerprint density at radius 3 is 2.59 bits per heavy atom. The summed E-state index contributed by atoms with van der Waals surface area (Å²) in [4.78, 5) is 16.9. The number of aromatic nitrogens is 1. The quantitative estimate of drug-likeness (QED) is 0.689. The SMILES string of the molecule is COc1cc(F)ncc1NC(=O)C1(c2ccccc2C(C)C)CN(S(N)(=O)=O)C1. The van der Waals surface area contributed by atoms with E-state index < -0.39 is 27.5 Å². The molecule has 0 unspecified atom stereocenters. The molecule has 3 rings (SSSR count). The van der Waals surface area contributed by atoms with Crippen molar-refractivity contribution < 1.29 is 22.3 Å². The number of nitrogens with one attached hydrogen (secondary N) is 1. The molecule has 1 saturated heterocycles. The average Bonchev–Trinajstić information content (AvgIpc) is 2.61. The van der Waals surface area contributed by atoms with Crippen LogP contribution < -0.4 is 15.2 Å². The smallest absolute Gasteiger partial charge is 0.276 e. The number of carbonyl (C=O) groups excluding carboxylic acids is 1. The Kier molecular flexibility index (Phi) is 5.61. The second-order valence-electron chi connectivity index (χ2n) is 7.30. The van der Waals surface area contributed by atoms with Gasteiger partial charge in [0.05, 0.1) is 13.3 Å². The molecule has 0 atom stereocenters. The number of methoxy groups -OCH3 is 1. The van der Waals surface area contributed by atoms with Crippen LogP contribution in [0, 0.1) is 5.95 Å². The molecule has 8 nitrogen and oxygen atoms in total. The Morgan fingerprint density at radius 2 is 2.00 bits per heavy atom. The standard InChI is InChI=1S/C19H23FN4O4S/c1-12(2)13-6-4-5-7-14(13)19(10-24(11-19)29(21,26)27)18(25)23-15-9-22-17(20)8-16(15)28-3/h4-9,12H,10-11H2,1-3H3,(H,23,25)(H2,21,26,27). The van der Waals surface area contributed by atoms with Crippen molar-refractivity contribution in [3.05, 3.63) is 53.6 Å². The summed E-state index contributed by atoms with van der Waals surface area (Å²) in [6.07, 6.45) is 1.16. The molecule has 1 aromatic carbocycles. The number of nitrogens with zero attached hydrogens (tertiary/aromatic N) is 2. The minimum atomic E-state index is -3.94. The maximum atomic E-state index is 13.4. The van der Waals surface area contributed by atoms with Crippen LogP contribution in [0.25, 0.3) is 0 Å². The molecule has 1 aromatic heterocycles. The van der Waals surface area contributed by atoms with E-state index in [1.165, 1.54) is 7.11 Å². The van der Waals surface area contributed by atoms with Crippen LogP contribution in [0.2, 0.25) is 0 Å². The third kappa shape index (κ3) is 3.96. The van der Waals surface area contributed by atoms with Gasteiger partial charge in [0.25, 0.3) is 10.2 Å². The van der Waals surface area contributed by atoms with E-state index in [1.807, 2.05) is 32.0 Å². The topological polar surface area (TPSA) is 115 Å². The van der Waals surface area contributed by atoms with Gasteiger partial charge in [0, 0.05) is 19.2 Å². The van der Waals surface area contributed by atoms with E-state index in [0.29, 0.717) is 0 Å². The van der Waals surface area contributed by atoms with Gasteiger partial charge < -0.3 is 10.1 Å². The number of ether oxygens (including phenoxy) is 1. The summed E-state index contributed by atoms with van der Waals surface area (Å²) in [5, 5.41) is 7.96. The molecule has 1 aliphatic heterocycles. The van der Waals surface area contributed by atoms with E-state index in [1.54, 1.807) is 6.07 Å². The molecule has 3 N–H and O–H groups in total. The molecule has 10 heteroatoms. The fourth-order valence-electron chi connectivity index (χ4n) is 3.53. The van der Waals surface area contributed by atoms with Gasteiger partial charge in [-0.15, -0.1) is 0 Å². The number of amides is 1. The van der Waals surface area contributed by atoms with Crippen molar-refractivity contribution >= 4 is 21.8 Å². The van der Waals surface area contributed by atoms with E-state index in [4.69, 9.17) is 9.88 Å². The number of hydrogen-bond acceptors (Lipinski definition) is 5. The molecule has 29 heavy (non-hydrogen) atoms. The summed E-state index contributed by atoms with van der Waals surface area (Å²) < 4.78 is 43.1. The first-order valence-corrected chi connectivity index (χ1v) is 10.5. The van der Waals surface area contributed by atoms with E-state index in [9.17, 15) is 17.6 Å². The maximum Gasteiger partial charge on any atom is 0.276 e. The monoisotopic (exact) mass is 422 g/mol. The highest BCUT2D eigenvalue weighted by molar-refractivity contribution is 7.86. The molecule has 0 spiro atoms. The van der Waals surface area contributed by atoms with Gasteiger partial charge in [0.2, 0.25) is 11.9 Å². The lowest BCUT2D eigenvalue weighted by molar-refractivity contribution is -0.125. The predicted molar refractivity (Wildman–Crippen MR) is 106 cm³/mol. The van der Waals surface area contributed by atoms with Crippen LogP contribution in [-0.2, 0) is 20.4 Å².